The molecule has 3 atom stereocenters. The molecule has 20 heavy (non-hydrogen) atoms. The molecular formula is C13H24ClN3O2S. The third-order valence-electron chi connectivity index (χ3n) is 3.96. The van der Waals surface area contributed by atoms with Crippen LogP contribution in [0.3, 0.4) is 0 Å². The Balaban J connectivity index is 0.00000200. The van der Waals surface area contributed by atoms with Crippen molar-refractivity contribution in [3.63, 3.8) is 0 Å². The number of halogens is 1. The molecule has 0 bridgehead atoms. The van der Waals surface area contributed by atoms with Crippen LogP contribution in [0, 0.1) is 5.92 Å². The van der Waals surface area contributed by atoms with Crippen LogP contribution in [0.4, 0.5) is 0 Å². The van der Waals surface area contributed by atoms with E-state index in [4.69, 9.17) is 0 Å². The smallest absolute Gasteiger partial charge is 0.243 e. The second-order valence-corrected chi connectivity index (χ2v) is 6.32. The lowest BCUT2D eigenvalue weighted by Gasteiger charge is -2.32. The average Bonchev–Trinajstić information content (AvgIpc) is 2.90. The highest BCUT2D eigenvalue weighted by Gasteiger charge is 2.35. The second-order valence-electron chi connectivity index (χ2n) is 5.32. The first kappa shape index (κ1) is 17.6. The molecule has 3 unspecified atom stereocenters. The zero-order valence-corrected chi connectivity index (χ0v) is 13.7. The van der Waals surface area contributed by atoms with Gasteiger partial charge >= 0.3 is 0 Å². The maximum Gasteiger partial charge on any atom is 0.243 e. The summed E-state index contributed by atoms with van der Waals surface area (Å²) in [6.45, 7) is 5.86. The van der Waals surface area contributed by atoms with Crippen molar-refractivity contribution in [2.75, 3.05) is 24.7 Å². The van der Waals surface area contributed by atoms with Gasteiger partial charge in [-0.15, -0.1) is 24.2 Å². The van der Waals surface area contributed by atoms with E-state index >= 15 is 0 Å². The van der Waals surface area contributed by atoms with Gasteiger partial charge in [0.15, 0.2) is 0 Å². The average molecular weight is 322 g/mol. The Morgan fingerprint density at radius 3 is 2.85 bits per heavy atom. The molecule has 0 radical (unpaired) electrons. The standard InChI is InChI=1S/C13H23N3O2S.ClH/c1-3-12(17)16-8-19-7-11(16)13(18)15-10-6-14-5-4-9(10)2;/h9-11,14H,3-8H2,1-2H3,(H,15,18);1H. The van der Waals surface area contributed by atoms with Crippen molar-refractivity contribution >= 4 is 36.0 Å². The van der Waals surface area contributed by atoms with E-state index in [2.05, 4.69) is 17.6 Å². The predicted octanol–water partition coefficient (Wildman–Crippen LogP) is 0.834. The molecular weight excluding hydrogens is 298 g/mol. The number of nitrogens with zero attached hydrogens (tertiary/aromatic N) is 1. The van der Waals surface area contributed by atoms with E-state index in [1.54, 1.807) is 16.7 Å². The van der Waals surface area contributed by atoms with Gasteiger partial charge in [0.2, 0.25) is 11.8 Å². The fourth-order valence-corrected chi connectivity index (χ4v) is 3.75. The van der Waals surface area contributed by atoms with E-state index < -0.39 is 0 Å². The van der Waals surface area contributed by atoms with E-state index in [9.17, 15) is 9.59 Å². The number of carbonyl (C=O) groups excluding carboxylic acids is 2. The van der Waals surface area contributed by atoms with Crippen LogP contribution in [0.1, 0.15) is 26.7 Å². The fourth-order valence-electron chi connectivity index (χ4n) is 2.57. The summed E-state index contributed by atoms with van der Waals surface area (Å²) in [7, 11) is 0. The Labute approximate surface area is 131 Å². The van der Waals surface area contributed by atoms with Gasteiger partial charge in [-0.25, -0.2) is 0 Å². The van der Waals surface area contributed by atoms with Gasteiger partial charge in [-0.3, -0.25) is 9.59 Å². The molecule has 0 saturated carbocycles. The molecule has 2 amide bonds. The quantitative estimate of drug-likeness (QED) is 0.808. The highest BCUT2D eigenvalue weighted by atomic mass is 35.5. The molecule has 0 aliphatic carbocycles. The van der Waals surface area contributed by atoms with Gasteiger partial charge < -0.3 is 15.5 Å². The first-order chi connectivity index (χ1) is 9.13. The molecule has 0 spiro atoms. The van der Waals surface area contributed by atoms with E-state index in [0.717, 1.165) is 19.5 Å². The lowest BCUT2D eigenvalue weighted by atomic mass is 9.94. The molecule has 0 aromatic rings. The van der Waals surface area contributed by atoms with Gasteiger partial charge in [-0.2, -0.15) is 0 Å². The van der Waals surface area contributed by atoms with Crippen LogP contribution < -0.4 is 10.6 Å². The van der Waals surface area contributed by atoms with Crippen LogP contribution in [0.5, 0.6) is 0 Å². The van der Waals surface area contributed by atoms with Crippen molar-refractivity contribution in [3.8, 4) is 0 Å². The minimum atomic E-state index is -0.286. The molecule has 2 fully saturated rings. The third kappa shape index (κ3) is 4.02. The summed E-state index contributed by atoms with van der Waals surface area (Å²) in [6.07, 6.45) is 1.55. The first-order valence-electron chi connectivity index (χ1n) is 7.01. The van der Waals surface area contributed by atoms with Crippen molar-refractivity contribution in [3.05, 3.63) is 0 Å². The van der Waals surface area contributed by atoms with Crippen LogP contribution in [0.2, 0.25) is 0 Å². The largest absolute Gasteiger partial charge is 0.350 e. The monoisotopic (exact) mass is 321 g/mol. The minimum Gasteiger partial charge on any atom is -0.350 e. The van der Waals surface area contributed by atoms with E-state index in [1.807, 2.05) is 6.92 Å². The van der Waals surface area contributed by atoms with E-state index in [-0.39, 0.29) is 36.3 Å². The van der Waals surface area contributed by atoms with Gasteiger partial charge in [0.25, 0.3) is 0 Å². The Kier molecular flexibility index (Phi) is 7.12. The second kappa shape index (κ2) is 8.10. The lowest BCUT2D eigenvalue weighted by Crippen LogP contribution is -2.55. The number of amides is 2. The number of thioether (sulfide) groups is 1. The summed E-state index contributed by atoms with van der Waals surface area (Å²) in [4.78, 5) is 25.9. The Bertz CT molecular complexity index is 357. The fraction of sp³-hybridized carbons (Fsp3) is 0.846. The molecule has 2 heterocycles. The van der Waals surface area contributed by atoms with Gasteiger partial charge in [-0.05, 0) is 18.9 Å². The molecule has 0 aromatic heterocycles. The summed E-state index contributed by atoms with van der Waals surface area (Å²) in [5.41, 5.74) is 0. The zero-order valence-electron chi connectivity index (χ0n) is 12.1. The van der Waals surface area contributed by atoms with Crippen LogP contribution >= 0.6 is 24.2 Å². The molecule has 2 aliphatic heterocycles. The van der Waals surface area contributed by atoms with E-state index in [0.29, 0.717) is 24.0 Å². The molecule has 2 saturated heterocycles. The number of carbonyl (C=O) groups is 2. The maximum atomic E-state index is 12.3. The Hall–Kier alpha value is -0.460. The molecule has 2 rings (SSSR count). The third-order valence-corrected chi connectivity index (χ3v) is 4.98. The molecule has 7 heteroatoms. The van der Waals surface area contributed by atoms with Crippen molar-refractivity contribution in [2.24, 2.45) is 5.92 Å². The Morgan fingerprint density at radius 2 is 2.20 bits per heavy atom. The van der Waals surface area contributed by atoms with Crippen molar-refractivity contribution in [1.82, 2.24) is 15.5 Å². The molecule has 2 aliphatic rings. The predicted molar refractivity (Wildman–Crippen MR) is 84.1 cm³/mol. The van der Waals surface area contributed by atoms with Crippen LogP contribution in [-0.4, -0.2) is 53.5 Å². The number of hydrogen-bond acceptors (Lipinski definition) is 4. The number of nitrogens with one attached hydrogen (secondary N) is 2. The van der Waals surface area contributed by atoms with Crippen LogP contribution in [0.25, 0.3) is 0 Å². The van der Waals surface area contributed by atoms with E-state index in [1.165, 1.54) is 0 Å². The lowest BCUT2D eigenvalue weighted by molar-refractivity contribution is -0.138. The highest BCUT2D eigenvalue weighted by Crippen LogP contribution is 2.22. The van der Waals surface area contributed by atoms with Gasteiger partial charge in [-0.1, -0.05) is 13.8 Å². The summed E-state index contributed by atoms with van der Waals surface area (Å²) in [6, 6.07) is -0.1000. The van der Waals surface area contributed by atoms with Crippen LogP contribution in [0.15, 0.2) is 0 Å². The van der Waals surface area contributed by atoms with Crippen molar-refractivity contribution in [1.29, 1.82) is 0 Å². The minimum absolute atomic E-state index is 0. The first-order valence-corrected chi connectivity index (χ1v) is 8.17. The van der Waals surface area contributed by atoms with Gasteiger partial charge in [0.05, 0.1) is 5.88 Å². The van der Waals surface area contributed by atoms with Crippen molar-refractivity contribution in [2.45, 2.75) is 38.8 Å². The summed E-state index contributed by atoms with van der Waals surface area (Å²) >= 11 is 1.65. The molecule has 0 aromatic carbocycles. The highest BCUT2D eigenvalue weighted by molar-refractivity contribution is 7.99. The zero-order chi connectivity index (χ0) is 13.8. The van der Waals surface area contributed by atoms with Gasteiger partial charge in [0.1, 0.15) is 6.04 Å². The molecule has 2 N–H and O–H groups in total. The number of piperidine rings is 1. The van der Waals surface area contributed by atoms with Crippen molar-refractivity contribution < 1.29 is 9.59 Å². The SMILES string of the molecule is CCC(=O)N1CSCC1C(=O)NC1CNCCC1C.Cl. The molecule has 116 valence electrons. The summed E-state index contributed by atoms with van der Waals surface area (Å²) < 4.78 is 0. The molecule has 5 nitrogen and oxygen atoms in total. The summed E-state index contributed by atoms with van der Waals surface area (Å²) in [5, 5.41) is 6.42. The topological polar surface area (TPSA) is 61.4 Å². The van der Waals surface area contributed by atoms with Gasteiger partial charge in [0, 0.05) is 24.8 Å². The normalized spacial score (nSPS) is 29.7. The number of hydrogen-bond donors (Lipinski definition) is 2. The van der Waals surface area contributed by atoms with Crippen LogP contribution in [-0.2, 0) is 9.59 Å². The summed E-state index contributed by atoms with van der Waals surface area (Å²) in [5.74, 6) is 1.93. The maximum absolute atomic E-state index is 12.3. The number of rotatable bonds is 3. The Morgan fingerprint density at radius 1 is 1.45 bits per heavy atom.